The molecule has 30 heavy (non-hydrogen) atoms. The lowest BCUT2D eigenvalue weighted by atomic mass is 9.87. The molecule has 3 unspecified atom stereocenters. The summed E-state index contributed by atoms with van der Waals surface area (Å²) < 4.78 is 10.6. The smallest absolute Gasteiger partial charge is 0.316 e. The Kier molecular flexibility index (Phi) is 11.0. The van der Waals surface area contributed by atoms with Gasteiger partial charge < -0.3 is 9.47 Å². The van der Waals surface area contributed by atoms with Crippen molar-refractivity contribution in [2.45, 2.75) is 59.7 Å². The van der Waals surface area contributed by atoms with Gasteiger partial charge in [0.25, 0.3) is 0 Å². The fourth-order valence-electron chi connectivity index (χ4n) is 3.53. The Morgan fingerprint density at radius 1 is 1.23 bits per heavy atom. The summed E-state index contributed by atoms with van der Waals surface area (Å²) in [5, 5.41) is 0. The Balaban J connectivity index is 0.00000218. The van der Waals surface area contributed by atoms with Crippen LogP contribution < -0.4 is 0 Å². The fourth-order valence-corrected chi connectivity index (χ4v) is 3.53. The third-order valence-corrected chi connectivity index (χ3v) is 5.34. The van der Waals surface area contributed by atoms with Crippen LogP contribution in [0, 0.1) is 11.8 Å². The zero-order chi connectivity index (χ0) is 22.7. The van der Waals surface area contributed by atoms with Crippen LogP contribution in [0.3, 0.4) is 0 Å². The monoisotopic (exact) mass is 414 g/mol. The summed E-state index contributed by atoms with van der Waals surface area (Å²) in [5.41, 5.74) is 3.53. The Bertz CT molecular complexity index is 763. The van der Waals surface area contributed by atoms with Gasteiger partial charge in [0.05, 0.1) is 13.7 Å². The molecule has 0 aliphatic heterocycles. The number of allylic oxidation sites excluding steroid dienone is 2. The van der Waals surface area contributed by atoms with E-state index in [1.54, 1.807) is 0 Å². The second-order valence-corrected chi connectivity index (χ2v) is 7.24. The summed E-state index contributed by atoms with van der Waals surface area (Å²) in [6, 6.07) is 9.52. The van der Waals surface area contributed by atoms with Crippen LogP contribution in [0.25, 0.3) is 0 Å². The van der Waals surface area contributed by atoms with Gasteiger partial charge in [0, 0.05) is 12.3 Å². The molecule has 0 radical (unpaired) electrons. The number of methoxy groups -OCH3 is 1. The van der Waals surface area contributed by atoms with E-state index in [2.05, 4.69) is 6.58 Å². The molecule has 1 aromatic carbocycles. The van der Waals surface area contributed by atoms with Gasteiger partial charge >= 0.3 is 5.97 Å². The molecule has 0 fully saturated rings. The molecule has 0 bridgehead atoms. The van der Waals surface area contributed by atoms with Crippen molar-refractivity contribution in [3.05, 3.63) is 59.2 Å². The predicted molar refractivity (Wildman–Crippen MR) is 118 cm³/mol. The lowest BCUT2D eigenvalue weighted by Gasteiger charge is -2.23. The Morgan fingerprint density at radius 3 is 2.43 bits per heavy atom. The van der Waals surface area contributed by atoms with Crippen LogP contribution in [0.1, 0.15) is 52.5 Å². The number of rotatable bonds is 10. The van der Waals surface area contributed by atoms with E-state index in [0.717, 1.165) is 41.4 Å². The van der Waals surface area contributed by atoms with Gasteiger partial charge in [-0.1, -0.05) is 61.9 Å². The Morgan fingerprint density at radius 2 is 1.87 bits per heavy atom. The highest BCUT2D eigenvalue weighted by Gasteiger charge is 2.33. The topological polar surface area (TPSA) is 69.7 Å². The SMILES string of the molecule is C=C(CC(OCc1ccccc1)C(=O)C(C)C(=O)OC)C1CCC(C)=C1C=O.CC. The number of hydrogen-bond donors (Lipinski definition) is 0. The lowest BCUT2D eigenvalue weighted by Crippen LogP contribution is -2.35. The lowest BCUT2D eigenvalue weighted by molar-refractivity contribution is -0.152. The van der Waals surface area contributed by atoms with Crippen molar-refractivity contribution >= 4 is 18.0 Å². The number of carbonyl (C=O) groups excluding carboxylic acids is 3. The number of hydrogen-bond acceptors (Lipinski definition) is 5. The summed E-state index contributed by atoms with van der Waals surface area (Å²) in [5.74, 6) is -1.92. The molecule has 0 N–H and O–H groups in total. The van der Waals surface area contributed by atoms with E-state index in [1.165, 1.54) is 14.0 Å². The van der Waals surface area contributed by atoms with Crippen molar-refractivity contribution in [3.63, 3.8) is 0 Å². The maximum atomic E-state index is 12.9. The minimum atomic E-state index is -0.926. The molecule has 5 nitrogen and oxygen atoms in total. The quantitative estimate of drug-likeness (QED) is 0.237. The van der Waals surface area contributed by atoms with Gasteiger partial charge in [-0.2, -0.15) is 0 Å². The highest BCUT2D eigenvalue weighted by Crippen LogP contribution is 2.37. The largest absolute Gasteiger partial charge is 0.468 e. The van der Waals surface area contributed by atoms with Crippen molar-refractivity contribution in [1.82, 2.24) is 0 Å². The van der Waals surface area contributed by atoms with Crippen LogP contribution in [-0.2, 0) is 30.5 Å². The van der Waals surface area contributed by atoms with Gasteiger partial charge in [-0.3, -0.25) is 14.4 Å². The summed E-state index contributed by atoms with van der Waals surface area (Å²) >= 11 is 0. The van der Waals surface area contributed by atoms with Crippen LogP contribution >= 0.6 is 0 Å². The van der Waals surface area contributed by atoms with Gasteiger partial charge in [0.1, 0.15) is 18.3 Å². The summed E-state index contributed by atoms with van der Waals surface area (Å²) in [4.78, 5) is 36.2. The molecule has 3 atom stereocenters. The first kappa shape index (κ1) is 25.5. The second kappa shape index (κ2) is 12.9. The molecule has 1 aromatic rings. The molecule has 5 heteroatoms. The molecule has 1 aliphatic rings. The number of esters is 1. The molecule has 0 saturated heterocycles. The van der Waals surface area contributed by atoms with E-state index in [-0.39, 0.29) is 24.7 Å². The predicted octanol–water partition coefficient (Wildman–Crippen LogP) is 4.85. The summed E-state index contributed by atoms with van der Waals surface area (Å²) in [6.07, 6.45) is 1.99. The van der Waals surface area contributed by atoms with Crippen molar-refractivity contribution < 1.29 is 23.9 Å². The maximum absolute atomic E-state index is 12.9. The van der Waals surface area contributed by atoms with Crippen molar-refractivity contribution in [1.29, 1.82) is 0 Å². The summed E-state index contributed by atoms with van der Waals surface area (Å²) in [6.45, 7) is 11.8. The Hall–Kier alpha value is -2.53. The minimum Gasteiger partial charge on any atom is -0.468 e. The van der Waals surface area contributed by atoms with Gasteiger partial charge in [0.2, 0.25) is 0 Å². The normalized spacial score (nSPS) is 17.4. The first-order chi connectivity index (χ1) is 14.4. The molecule has 0 spiro atoms. The van der Waals surface area contributed by atoms with Gasteiger partial charge in [-0.25, -0.2) is 0 Å². The minimum absolute atomic E-state index is 0.0680. The van der Waals surface area contributed by atoms with E-state index in [9.17, 15) is 14.4 Å². The molecule has 2 rings (SSSR count). The van der Waals surface area contributed by atoms with Crippen LogP contribution in [0.4, 0.5) is 0 Å². The first-order valence-electron chi connectivity index (χ1n) is 10.5. The maximum Gasteiger partial charge on any atom is 0.316 e. The number of ether oxygens (including phenoxy) is 2. The third-order valence-electron chi connectivity index (χ3n) is 5.34. The second-order valence-electron chi connectivity index (χ2n) is 7.24. The van der Waals surface area contributed by atoms with Gasteiger partial charge in [-0.15, -0.1) is 0 Å². The number of carbonyl (C=O) groups is 3. The molecule has 0 amide bonds. The summed E-state index contributed by atoms with van der Waals surface area (Å²) in [7, 11) is 1.26. The highest BCUT2D eigenvalue weighted by atomic mass is 16.5. The zero-order valence-corrected chi connectivity index (χ0v) is 18.8. The van der Waals surface area contributed by atoms with Crippen molar-refractivity contribution in [3.8, 4) is 0 Å². The third kappa shape index (κ3) is 6.77. The van der Waals surface area contributed by atoms with E-state index in [0.29, 0.717) is 0 Å². The molecule has 0 aromatic heterocycles. The highest BCUT2D eigenvalue weighted by molar-refractivity contribution is 6.01. The molecule has 0 heterocycles. The standard InChI is InChI=1S/C23H28O5.C2H6/c1-15-10-11-19(20(15)13-24)16(2)12-21(22(25)17(3)23(26)27-4)28-14-18-8-6-5-7-9-18;1-2/h5-9,13,17,19,21H,2,10-12,14H2,1,3-4H3;1-2H3. The van der Waals surface area contributed by atoms with Crippen molar-refractivity contribution in [2.24, 2.45) is 11.8 Å². The number of Topliss-reactive ketones (excluding diaryl/α,β-unsaturated/α-hetero) is 1. The average Bonchev–Trinajstić information content (AvgIpc) is 3.17. The van der Waals surface area contributed by atoms with Crippen molar-refractivity contribution in [2.75, 3.05) is 7.11 Å². The molecule has 164 valence electrons. The molecular formula is C25H34O5. The van der Waals surface area contributed by atoms with Gasteiger partial charge in [0.15, 0.2) is 5.78 Å². The van der Waals surface area contributed by atoms with Crippen LogP contribution in [0.2, 0.25) is 0 Å². The molecule has 0 saturated carbocycles. The van der Waals surface area contributed by atoms with Crippen LogP contribution in [-0.4, -0.2) is 31.3 Å². The van der Waals surface area contributed by atoms with Crippen LogP contribution in [0.15, 0.2) is 53.6 Å². The molecule has 1 aliphatic carbocycles. The Labute approximate surface area is 180 Å². The fraction of sp³-hybridized carbons (Fsp3) is 0.480. The van der Waals surface area contributed by atoms with E-state index in [4.69, 9.17) is 9.47 Å². The van der Waals surface area contributed by atoms with Crippen LogP contribution in [0.5, 0.6) is 0 Å². The number of ketones is 1. The van der Waals surface area contributed by atoms with Gasteiger partial charge in [-0.05, 0) is 37.8 Å². The first-order valence-corrected chi connectivity index (χ1v) is 10.5. The average molecular weight is 415 g/mol. The van der Waals surface area contributed by atoms with E-state index < -0.39 is 18.0 Å². The van der Waals surface area contributed by atoms with E-state index >= 15 is 0 Å². The number of benzene rings is 1. The van der Waals surface area contributed by atoms with E-state index in [1.807, 2.05) is 51.1 Å². The number of aldehydes is 1. The molecular weight excluding hydrogens is 380 g/mol. The zero-order valence-electron chi connectivity index (χ0n) is 18.8.